The molecule has 0 atom stereocenters. The zero-order valence-corrected chi connectivity index (χ0v) is 31.7. The van der Waals surface area contributed by atoms with E-state index in [1.165, 1.54) is 31.4 Å². The number of allylic oxidation sites excluding steroid dienone is 2. The molecule has 0 fully saturated rings. The van der Waals surface area contributed by atoms with Crippen molar-refractivity contribution in [2.24, 2.45) is 11.5 Å². The Bertz CT molecular complexity index is 2470. The molecule has 6 aromatic rings. The van der Waals surface area contributed by atoms with E-state index in [1.807, 2.05) is 27.7 Å². The molecule has 0 saturated heterocycles. The van der Waals surface area contributed by atoms with Crippen LogP contribution in [0.2, 0.25) is 0 Å². The summed E-state index contributed by atoms with van der Waals surface area (Å²) < 4.78 is 12.0. The lowest BCUT2D eigenvalue weighted by atomic mass is 10.1. The molecule has 18 heteroatoms. The molecular formula is C37H44N12O6. The van der Waals surface area contributed by atoms with Gasteiger partial charge < -0.3 is 30.4 Å². The zero-order chi connectivity index (χ0) is 40.1. The fourth-order valence-electron chi connectivity index (χ4n) is 6.09. The number of aromatic hydroxyl groups is 1. The average molecular weight is 753 g/mol. The highest BCUT2D eigenvalue weighted by Gasteiger charge is 2.23. The molecule has 0 bridgehead atoms. The maximum absolute atomic E-state index is 13.5. The van der Waals surface area contributed by atoms with Crippen LogP contribution in [0, 0.1) is 13.8 Å². The number of amides is 4. The van der Waals surface area contributed by atoms with Crippen molar-refractivity contribution in [1.82, 2.24) is 38.7 Å². The Morgan fingerprint density at radius 2 is 1.16 bits per heavy atom. The summed E-state index contributed by atoms with van der Waals surface area (Å²) in [4.78, 5) is 60.1. The minimum Gasteiger partial charge on any atom is -0.506 e. The second-order valence-corrected chi connectivity index (χ2v) is 12.1. The molecule has 0 radical (unpaired) electrons. The summed E-state index contributed by atoms with van der Waals surface area (Å²) in [5, 5.41) is 25.4. The number of rotatable bonds is 13. The molecule has 55 heavy (non-hydrogen) atoms. The predicted molar refractivity (Wildman–Crippen MR) is 206 cm³/mol. The van der Waals surface area contributed by atoms with Gasteiger partial charge in [0.05, 0.1) is 29.5 Å². The largest absolute Gasteiger partial charge is 0.506 e. The number of aryl methyl sites for hydroxylation is 4. The van der Waals surface area contributed by atoms with E-state index in [-0.39, 0.29) is 52.9 Å². The van der Waals surface area contributed by atoms with Crippen LogP contribution in [0.4, 0.5) is 11.9 Å². The number of nitrogens with two attached hydrogens (primary N) is 2. The van der Waals surface area contributed by atoms with E-state index in [0.717, 1.165) is 0 Å². The van der Waals surface area contributed by atoms with Crippen LogP contribution in [-0.4, -0.2) is 74.5 Å². The van der Waals surface area contributed by atoms with E-state index in [9.17, 15) is 24.3 Å². The summed E-state index contributed by atoms with van der Waals surface area (Å²) in [6.07, 6.45) is 3.54. The first kappa shape index (κ1) is 39.2. The Kier molecular flexibility index (Phi) is 11.7. The molecular weight excluding hydrogens is 708 g/mol. The Morgan fingerprint density at radius 3 is 1.60 bits per heavy atom. The van der Waals surface area contributed by atoms with Crippen molar-refractivity contribution in [2.75, 3.05) is 17.7 Å². The van der Waals surface area contributed by atoms with Crippen LogP contribution in [0.15, 0.2) is 48.6 Å². The molecule has 18 nitrogen and oxygen atoms in total. The van der Waals surface area contributed by atoms with Gasteiger partial charge in [-0.05, 0) is 64.1 Å². The Hall–Kier alpha value is -6.98. The molecule has 288 valence electrons. The smallest absolute Gasteiger partial charge is 0.276 e. The van der Waals surface area contributed by atoms with Gasteiger partial charge in [-0.25, -0.2) is 9.97 Å². The Balaban J connectivity index is 0.00000285. The fourth-order valence-corrected chi connectivity index (χ4v) is 6.09. The summed E-state index contributed by atoms with van der Waals surface area (Å²) in [7, 11) is 1.44. The van der Waals surface area contributed by atoms with Gasteiger partial charge in [0.2, 0.25) is 23.7 Å². The zero-order valence-electron chi connectivity index (χ0n) is 31.7. The number of carbonyl (C=O) groups is 4. The minimum absolute atomic E-state index is 0.0416. The third kappa shape index (κ3) is 7.87. The number of carbonyl (C=O) groups excluding carboxylic acids is 4. The van der Waals surface area contributed by atoms with Crippen LogP contribution in [0.25, 0.3) is 22.1 Å². The average Bonchev–Trinajstić information content (AvgIpc) is 3.92. The molecule has 0 aliphatic heterocycles. The van der Waals surface area contributed by atoms with Gasteiger partial charge in [-0.3, -0.25) is 39.2 Å². The molecule has 0 unspecified atom stereocenters. The van der Waals surface area contributed by atoms with E-state index in [2.05, 4.69) is 30.8 Å². The number of aromatic nitrogens is 8. The summed E-state index contributed by atoms with van der Waals surface area (Å²) in [5.41, 5.74) is 14.6. The summed E-state index contributed by atoms with van der Waals surface area (Å²) in [6.45, 7) is 12.5. The molecule has 0 saturated carbocycles. The highest BCUT2D eigenvalue weighted by Crippen LogP contribution is 2.32. The maximum Gasteiger partial charge on any atom is 0.276 e. The quantitative estimate of drug-likeness (QED) is 0.106. The Labute approximate surface area is 315 Å². The number of ether oxygens (including phenoxy) is 1. The number of phenolic OH excluding ortho intramolecular Hbond substituents is 1. The molecule has 2 aromatic carbocycles. The molecule has 4 heterocycles. The van der Waals surface area contributed by atoms with Gasteiger partial charge in [-0.15, -0.1) is 0 Å². The van der Waals surface area contributed by atoms with E-state index in [1.54, 1.807) is 56.6 Å². The molecule has 7 N–H and O–H groups in total. The van der Waals surface area contributed by atoms with Crippen LogP contribution >= 0.6 is 0 Å². The van der Waals surface area contributed by atoms with Crippen LogP contribution in [-0.2, 0) is 26.2 Å². The predicted octanol–water partition coefficient (Wildman–Crippen LogP) is 4.13. The van der Waals surface area contributed by atoms with Crippen molar-refractivity contribution in [1.29, 1.82) is 0 Å². The third-order valence-electron chi connectivity index (χ3n) is 8.48. The lowest BCUT2D eigenvalue weighted by Crippen LogP contribution is -2.20. The molecule has 6 rings (SSSR count). The van der Waals surface area contributed by atoms with Crippen molar-refractivity contribution < 1.29 is 29.0 Å². The van der Waals surface area contributed by atoms with Crippen molar-refractivity contribution in [2.45, 2.75) is 67.7 Å². The monoisotopic (exact) mass is 752 g/mol. The topological polar surface area (TPSA) is 245 Å². The Morgan fingerprint density at radius 1 is 0.727 bits per heavy atom. The molecule has 0 aliphatic carbocycles. The van der Waals surface area contributed by atoms with Crippen molar-refractivity contribution >= 4 is 57.6 Å². The first-order valence-corrected chi connectivity index (χ1v) is 17.6. The van der Waals surface area contributed by atoms with Gasteiger partial charge in [-0.2, -0.15) is 10.2 Å². The number of anilines is 2. The standard InChI is InChI=1S/C35H38N12O6.C2H6/c1-6-46-24(12-18(3)42-46)32(51)40-34-38-22-14-20(30(36)49)16-26(48)28(22)44(34)10-8-9-11-45-29-23(15-21(31(37)50)17-27(29)53-5)39-35(45)41-33(52)25-13-19(4)43-47(25)7-2;1-2/h8-9,12-17,48H,6-7,10-11H2,1-5H3,(H2,36,49)(H2,37,50)(H,38,40,51)(H,39,41,52);1-2H3/b9-8+;. The van der Waals surface area contributed by atoms with E-state index < -0.39 is 23.6 Å². The van der Waals surface area contributed by atoms with Crippen LogP contribution in [0.5, 0.6) is 11.5 Å². The number of primary amides is 2. The lowest BCUT2D eigenvalue weighted by molar-refractivity contribution is 0.0991. The van der Waals surface area contributed by atoms with Gasteiger partial charge >= 0.3 is 0 Å². The van der Waals surface area contributed by atoms with Crippen LogP contribution in [0.1, 0.15) is 80.8 Å². The van der Waals surface area contributed by atoms with E-state index in [0.29, 0.717) is 52.6 Å². The lowest BCUT2D eigenvalue weighted by Gasteiger charge is -2.12. The summed E-state index contributed by atoms with van der Waals surface area (Å²) in [5.74, 6) is -2.07. The van der Waals surface area contributed by atoms with Crippen LogP contribution < -0.4 is 26.8 Å². The number of hydrogen-bond acceptors (Lipinski definition) is 10. The summed E-state index contributed by atoms with van der Waals surface area (Å²) in [6, 6.07) is 8.99. The van der Waals surface area contributed by atoms with Crippen LogP contribution in [0.3, 0.4) is 0 Å². The fraction of sp³-hybridized carbons (Fsp3) is 0.297. The molecule has 0 spiro atoms. The second kappa shape index (κ2) is 16.4. The highest BCUT2D eigenvalue weighted by atomic mass is 16.5. The highest BCUT2D eigenvalue weighted by molar-refractivity contribution is 6.05. The number of hydrogen-bond donors (Lipinski definition) is 5. The third-order valence-corrected chi connectivity index (χ3v) is 8.48. The first-order valence-electron chi connectivity index (χ1n) is 17.6. The number of nitrogens with zero attached hydrogens (tertiary/aromatic N) is 8. The van der Waals surface area contributed by atoms with Gasteiger partial charge in [0, 0.05) is 37.3 Å². The summed E-state index contributed by atoms with van der Waals surface area (Å²) >= 11 is 0. The van der Waals surface area contributed by atoms with Crippen molar-refractivity contribution in [3.8, 4) is 11.5 Å². The number of methoxy groups -OCH3 is 1. The van der Waals surface area contributed by atoms with E-state index in [4.69, 9.17) is 16.2 Å². The number of benzene rings is 2. The van der Waals surface area contributed by atoms with Gasteiger partial charge in [0.1, 0.15) is 33.9 Å². The molecule has 4 amide bonds. The van der Waals surface area contributed by atoms with Gasteiger partial charge in [-0.1, -0.05) is 26.0 Å². The van der Waals surface area contributed by atoms with Crippen molar-refractivity contribution in [3.63, 3.8) is 0 Å². The molecule has 0 aliphatic rings. The maximum atomic E-state index is 13.5. The SMILES string of the molecule is CC.CCn1nc(C)cc1C(=O)Nc1nc2cc(C(N)=O)cc(O)c2n1C/C=C/Cn1c(NC(=O)c2cc(C)nn2CC)nc2cc(C(N)=O)cc(OC)c21. The number of fused-ring (bicyclic) bond motifs is 2. The van der Waals surface area contributed by atoms with Gasteiger partial charge in [0.15, 0.2) is 0 Å². The number of imidazole rings is 2. The normalized spacial score (nSPS) is 11.2. The van der Waals surface area contributed by atoms with Crippen molar-refractivity contribution in [3.05, 3.63) is 82.5 Å². The minimum atomic E-state index is -0.757. The molecule has 4 aromatic heterocycles. The van der Waals surface area contributed by atoms with E-state index >= 15 is 0 Å². The number of nitrogens with one attached hydrogen (secondary N) is 2. The number of phenols is 1. The first-order chi connectivity index (χ1) is 26.3. The van der Waals surface area contributed by atoms with Gasteiger partial charge in [0.25, 0.3) is 11.8 Å². The second-order valence-electron chi connectivity index (χ2n) is 12.1.